The molecule has 0 fully saturated rings. The van der Waals surface area contributed by atoms with Crippen LogP contribution in [0.1, 0.15) is 78.4 Å². The minimum atomic E-state index is -1.24. The second-order valence-electron chi connectivity index (χ2n) is 12.7. The molecule has 2 aromatic rings. The van der Waals surface area contributed by atoms with Crippen molar-refractivity contribution in [1.82, 2.24) is 21.3 Å². The van der Waals surface area contributed by atoms with Crippen molar-refractivity contribution in [3.05, 3.63) is 59.7 Å². The molecule has 248 valence electrons. The van der Waals surface area contributed by atoms with E-state index in [4.69, 9.17) is 4.74 Å². The number of amides is 4. The molecule has 0 aromatic heterocycles. The predicted octanol–water partition coefficient (Wildman–Crippen LogP) is 4.10. The van der Waals surface area contributed by atoms with Crippen LogP contribution in [0.2, 0.25) is 0 Å². The van der Waals surface area contributed by atoms with Gasteiger partial charge >= 0.3 is 6.09 Å². The van der Waals surface area contributed by atoms with E-state index in [0.29, 0.717) is 37.8 Å². The number of imide groups is 1. The number of alkyl carbamates (subject to hydrolysis) is 1. The predicted molar refractivity (Wildman–Crippen MR) is 173 cm³/mol. The monoisotopic (exact) mass is 626 g/mol. The van der Waals surface area contributed by atoms with Crippen molar-refractivity contribution in [1.29, 1.82) is 0 Å². The highest BCUT2D eigenvalue weighted by Crippen LogP contribution is 2.25. The van der Waals surface area contributed by atoms with E-state index in [0.717, 1.165) is 12.0 Å². The van der Waals surface area contributed by atoms with Crippen LogP contribution < -0.4 is 21.3 Å². The van der Waals surface area contributed by atoms with E-state index in [1.807, 2.05) is 51.1 Å². The largest absolute Gasteiger partial charge is 0.504 e. The van der Waals surface area contributed by atoms with Gasteiger partial charge in [0.1, 0.15) is 17.7 Å². The highest BCUT2D eigenvalue weighted by atomic mass is 16.6. The second kappa shape index (κ2) is 18.0. The fourth-order valence-corrected chi connectivity index (χ4v) is 4.63. The quantitative estimate of drug-likeness (QED) is 0.152. The molecule has 45 heavy (non-hydrogen) atoms. The number of benzene rings is 2. The van der Waals surface area contributed by atoms with Gasteiger partial charge in [0.25, 0.3) is 0 Å². The number of carbonyl (C=O) groups is 4. The van der Waals surface area contributed by atoms with Crippen LogP contribution in [0.4, 0.5) is 4.79 Å². The van der Waals surface area contributed by atoms with Crippen LogP contribution in [0.3, 0.4) is 0 Å². The summed E-state index contributed by atoms with van der Waals surface area (Å²) in [5, 5.41) is 30.8. The minimum absolute atomic E-state index is 0.0953. The Morgan fingerprint density at radius 3 is 2.09 bits per heavy atom. The first-order valence-corrected chi connectivity index (χ1v) is 15.6. The van der Waals surface area contributed by atoms with Gasteiger partial charge in [0.2, 0.25) is 17.7 Å². The van der Waals surface area contributed by atoms with Gasteiger partial charge in [0, 0.05) is 6.42 Å². The molecule has 6 N–H and O–H groups in total. The Kier molecular flexibility index (Phi) is 14.8. The maximum absolute atomic E-state index is 13.6. The zero-order valence-corrected chi connectivity index (χ0v) is 27.3. The van der Waals surface area contributed by atoms with Gasteiger partial charge < -0.3 is 30.9 Å². The number of rotatable bonds is 16. The first-order valence-electron chi connectivity index (χ1n) is 15.6. The van der Waals surface area contributed by atoms with E-state index in [9.17, 15) is 29.4 Å². The number of carbonyl (C=O) groups excluding carboxylic acids is 4. The molecule has 0 aliphatic carbocycles. The summed E-state index contributed by atoms with van der Waals surface area (Å²) < 4.78 is 5.33. The molecule has 0 radical (unpaired) electrons. The van der Waals surface area contributed by atoms with Crippen molar-refractivity contribution in [2.24, 2.45) is 5.92 Å². The summed E-state index contributed by atoms with van der Waals surface area (Å²) in [6.07, 6.45) is 2.01. The Morgan fingerprint density at radius 1 is 0.822 bits per heavy atom. The fourth-order valence-electron chi connectivity index (χ4n) is 4.63. The third kappa shape index (κ3) is 14.0. The van der Waals surface area contributed by atoms with E-state index in [1.165, 1.54) is 18.2 Å². The highest BCUT2D eigenvalue weighted by Gasteiger charge is 2.30. The van der Waals surface area contributed by atoms with Crippen molar-refractivity contribution >= 4 is 23.8 Å². The minimum Gasteiger partial charge on any atom is -0.504 e. The molecule has 0 bridgehead atoms. The van der Waals surface area contributed by atoms with E-state index >= 15 is 0 Å². The van der Waals surface area contributed by atoms with Gasteiger partial charge in [0.05, 0.1) is 6.04 Å². The lowest BCUT2D eigenvalue weighted by Crippen LogP contribution is -2.57. The smallest absolute Gasteiger partial charge is 0.408 e. The summed E-state index contributed by atoms with van der Waals surface area (Å²) in [4.78, 5) is 52.9. The third-order valence-electron chi connectivity index (χ3n) is 6.88. The number of aromatic hydroxyl groups is 2. The summed E-state index contributed by atoms with van der Waals surface area (Å²) in [5.41, 5.74) is 0.770. The maximum Gasteiger partial charge on any atom is 0.408 e. The lowest BCUT2D eigenvalue weighted by Gasteiger charge is -2.26. The van der Waals surface area contributed by atoms with E-state index in [2.05, 4.69) is 21.3 Å². The summed E-state index contributed by atoms with van der Waals surface area (Å²) in [6, 6.07) is 11.0. The Labute approximate surface area is 266 Å². The maximum atomic E-state index is 13.6. The van der Waals surface area contributed by atoms with Crippen LogP contribution in [0.15, 0.2) is 48.5 Å². The molecule has 3 atom stereocenters. The molecule has 0 saturated heterocycles. The van der Waals surface area contributed by atoms with Gasteiger partial charge in [0.15, 0.2) is 11.5 Å². The average molecular weight is 627 g/mol. The van der Waals surface area contributed by atoms with E-state index in [1.54, 1.807) is 20.8 Å². The van der Waals surface area contributed by atoms with Gasteiger partial charge in [-0.25, -0.2) is 4.79 Å². The molecule has 0 saturated carbocycles. The first-order chi connectivity index (χ1) is 21.2. The van der Waals surface area contributed by atoms with Crippen LogP contribution in [0.5, 0.6) is 11.5 Å². The molecule has 2 aromatic carbocycles. The third-order valence-corrected chi connectivity index (χ3v) is 6.88. The molecule has 11 nitrogen and oxygen atoms in total. The number of phenolic OH excluding ortho intramolecular Hbond substituents is 2. The van der Waals surface area contributed by atoms with Crippen LogP contribution in [-0.4, -0.2) is 64.3 Å². The van der Waals surface area contributed by atoms with Crippen molar-refractivity contribution in [2.75, 3.05) is 6.54 Å². The van der Waals surface area contributed by atoms with Gasteiger partial charge in [-0.15, -0.1) is 0 Å². The summed E-state index contributed by atoms with van der Waals surface area (Å²) in [7, 11) is 0. The molecule has 0 aliphatic heterocycles. The fraction of sp³-hybridized carbons (Fsp3) is 0.529. The van der Waals surface area contributed by atoms with Crippen LogP contribution in [-0.2, 0) is 32.0 Å². The number of phenols is 2. The molecule has 0 spiro atoms. The number of hydrogen-bond acceptors (Lipinski definition) is 8. The molecule has 2 rings (SSSR count). The SMILES string of the molecule is CCCC[C@H](NC(=O)OC(C)(C)C)C(=O)N[C@@H](Cc1ccc(O)c(O)c1)C(=O)NC(=O)[C@H](CC(C)C)NCCc1ccccc1. The molecule has 11 heteroatoms. The Hall–Kier alpha value is -4.12. The number of unbranched alkanes of at least 4 members (excludes halogenated alkanes) is 1. The molecule has 0 aliphatic rings. The topological polar surface area (TPSA) is 166 Å². The standard InChI is InChI=1S/C34H50N4O7/c1-7-8-14-25(37-33(44)45-34(4,5)6)30(41)36-27(20-24-15-16-28(39)29(40)21-24)32(43)38-31(42)26(19-22(2)3)35-18-17-23-12-10-9-11-13-23/h9-13,15-16,21-22,25-27,35,39-40H,7-8,14,17-20H2,1-6H3,(H,36,41)(H,37,44)(H,38,42,43)/t25-,26-,27-/m0/s1. The number of ether oxygens (including phenoxy) is 1. The average Bonchev–Trinajstić information content (AvgIpc) is 2.95. The summed E-state index contributed by atoms with van der Waals surface area (Å²) in [5.74, 6) is -2.45. The lowest BCUT2D eigenvalue weighted by atomic mass is 10.0. The van der Waals surface area contributed by atoms with Crippen molar-refractivity contribution < 1.29 is 34.1 Å². The molecular formula is C34H50N4O7. The summed E-state index contributed by atoms with van der Waals surface area (Å²) >= 11 is 0. The molecule has 4 amide bonds. The second-order valence-corrected chi connectivity index (χ2v) is 12.7. The molecule has 0 unspecified atom stereocenters. The van der Waals surface area contributed by atoms with Crippen LogP contribution >= 0.6 is 0 Å². The van der Waals surface area contributed by atoms with Gasteiger partial charge in [-0.3, -0.25) is 19.7 Å². The lowest BCUT2D eigenvalue weighted by molar-refractivity contribution is -0.135. The van der Waals surface area contributed by atoms with Crippen molar-refractivity contribution in [2.45, 2.75) is 104 Å². The number of nitrogens with one attached hydrogen (secondary N) is 4. The van der Waals surface area contributed by atoms with Gasteiger partial charge in [-0.2, -0.15) is 0 Å². The van der Waals surface area contributed by atoms with E-state index < -0.39 is 47.5 Å². The first kappa shape index (κ1) is 37.1. The van der Waals surface area contributed by atoms with Crippen LogP contribution in [0.25, 0.3) is 0 Å². The zero-order valence-electron chi connectivity index (χ0n) is 27.3. The van der Waals surface area contributed by atoms with Gasteiger partial charge in [-0.1, -0.05) is 70.0 Å². The highest BCUT2D eigenvalue weighted by molar-refractivity contribution is 6.01. The Balaban J connectivity index is 2.24. The van der Waals surface area contributed by atoms with Gasteiger partial charge in [-0.05, 0) is 75.8 Å². The van der Waals surface area contributed by atoms with E-state index in [-0.39, 0.29) is 23.8 Å². The van der Waals surface area contributed by atoms with Crippen LogP contribution in [0, 0.1) is 5.92 Å². The number of hydrogen-bond donors (Lipinski definition) is 6. The molecule has 0 heterocycles. The normalized spacial score (nSPS) is 13.4. The summed E-state index contributed by atoms with van der Waals surface area (Å²) in [6.45, 7) is 11.6. The zero-order chi connectivity index (χ0) is 33.6. The Morgan fingerprint density at radius 2 is 1.49 bits per heavy atom. The Bertz CT molecular complexity index is 1260. The van der Waals surface area contributed by atoms with Crippen molar-refractivity contribution in [3.63, 3.8) is 0 Å². The molecular weight excluding hydrogens is 576 g/mol. The van der Waals surface area contributed by atoms with Crippen molar-refractivity contribution in [3.8, 4) is 11.5 Å².